The van der Waals surface area contributed by atoms with Crippen molar-refractivity contribution >= 4 is 23.4 Å². The summed E-state index contributed by atoms with van der Waals surface area (Å²) in [5.74, 6) is 1.23. The summed E-state index contributed by atoms with van der Waals surface area (Å²) < 4.78 is 0. The van der Waals surface area contributed by atoms with E-state index in [4.69, 9.17) is 11.6 Å². The van der Waals surface area contributed by atoms with Crippen molar-refractivity contribution in [3.63, 3.8) is 0 Å². The maximum Gasteiger partial charge on any atom is 0.0201 e. The summed E-state index contributed by atoms with van der Waals surface area (Å²) >= 11 is 7.72. The zero-order valence-corrected chi connectivity index (χ0v) is 10.6. The van der Waals surface area contributed by atoms with Crippen molar-refractivity contribution in [1.29, 1.82) is 0 Å². The van der Waals surface area contributed by atoms with E-state index in [2.05, 4.69) is 30.9 Å². The Morgan fingerprint density at radius 1 is 1.57 bits per heavy atom. The van der Waals surface area contributed by atoms with Crippen LogP contribution >= 0.6 is 23.4 Å². The van der Waals surface area contributed by atoms with Crippen LogP contribution in [0.1, 0.15) is 33.1 Å². The first kappa shape index (κ1) is 12.4. The van der Waals surface area contributed by atoms with Crippen LogP contribution in [0.2, 0.25) is 0 Å². The van der Waals surface area contributed by atoms with E-state index in [0.717, 1.165) is 11.8 Å². The van der Waals surface area contributed by atoms with Crippen LogP contribution in [0, 0.1) is 0 Å². The Bertz CT molecular complexity index is 194. The minimum absolute atomic E-state index is 0.700. The Balaban J connectivity index is 2.28. The molecule has 2 unspecified atom stereocenters. The Morgan fingerprint density at radius 3 is 3.00 bits per heavy atom. The molecule has 2 atom stereocenters. The molecule has 0 aromatic rings. The molecular formula is C11H20ClNS. The highest BCUT2D eigenvalue weighted by Crippen LogP contribution is 2.29. The molecule has 1 rings (SSSR count). The van der Waals surface area contributed by atoms with Crippen molar-refractivity contribution in [2.24, 2.45) is 0 Å². The molecule has 1 aliphatic rings. The molecule has 0 spiro atoms. The maximum atomic E-state index is 5.63. The first-order valence-corrected chi connectivity index (χ1v) is 6.87. The quantitative estimate of drug-likeness (QED) is 0.781. The highest BCUT2D eigenvalue weighted by atomic mass is 35.5. The molecule has 0 radical (unpaired) electrons. The number of halogens is 1. The highest BCUT2D eigenvalue weighted by molar-refractivity contribution is 7.99. The van der Waals surface area contributed by atoms with Crippen molar-refractivity contribution in [3.05, 3.63) is 11.1 Å². The van der Waals surface area contributed by atoms with Gasteiger partial charge in [0.1, 0.15) is 0 Å². The lowest BCUT2D eigenvalue weighted by molar-refractivity contribution is 0.558. The zero-order chi connectivity index (χ0) is 10.4. The van der Waals surface area contributed by atoms with Crippen LogP contribution in [0.15, 0.2) is 11.1 Å². The van der Waals surface area contributed by atoms with Gasteiger partial charge in [0.25, 0.3) is 0 Å². The second-order valence-electron chi connectivity index (χ2n) is 3.87. The van der Waals surface area contributed by atoms with E-state index in [9.17, 15) is 0 Å². The number of hydrogen-bond acceptors (Lipinski definition) is 2. The van der Waals surface area contributed by atoms with Crippen molar-refractivity contribution in [1.82, 2.24) is 5.32 Å². The second kappa shape index (κ2) is 6.76. The van der Waals surface area contributed by atoms with Gasteiger partial charge in [-0.3, -0.25) is 0 Å². The van der Waals surface area contributed by atoms with Crippen molar-refractivity contribution in [2.45, 2.75) is 44.4 Å². The van der Waals surface area contributed by atoms with Crippen molar-refractivity contribution in [3.8, 4) is 0 Å². The van der Waals surface area contributed by atoms with Gasteiger partial charge in [0.05, 0.1) is 0 Å². The molecule has 1 fully saturated rings. The summed E-state index contributed by atoms with van der Waals surface area (Å²) in [4.78, 5) is 0. The van der Waals surface area contributed by atoms with E-state index in [0.29, 0.717) is 6.04 Å². The van der Waals surface area contributed by atoms with Gasteiger partial charge in [-0.05, 0) is 31.1 Å². The van der Waals surface area contributed by atoms with Gasteiger partial charge in [-0.15, -0.1) is 0 Å². The van der Waals surface area contributed by atoms with Crippen LogP contribution in [0.4, 0.5) is 0 Å². The second-order valence-corrected chi connectivity index (χ2v) is 5.60. The molecule has 0 aromatic carbocycles. The normalized spacial score (nSPS) is 28.4. The van der Waals surface area contributed by atoms with Crippen LogP contribution in [-0.4, -0.2) is 23.6 Å². The molecule has 3 heteroatoms. The van der Waals surface area contributed by atoms with Gasteiger partial charge in [0.2, 0.25) is 0 Å². The van der Waals surface area contributed by atoms with Gasteiger partial charge in [-0.2, -0.15) is 11.8 Å². The molecule has 82 valence electrons. The maximum absolute atomic E-state index is 5.63. The number of rotatable bonds is 5. The molecule has 0 aromatic heterocycles. The van der Waals surface area contributed by atoms with Gasteiger partial charge in [0.15, 0.2) is 0 Å². The van der Waals surface area contributed by atoms with Gasteiger partial charge in [-0.25, -0.2) is 0 Å². The average Bonchev–Trinajstić information content (AvgIpc) is 2.62. The SMILES string of the molecule is CCSC1CCCC1NCC(C)=CCl. The highest BCUT2D eigenvalue weighted by Gasteiger charge is 2.26. The number of nitrogens with one attached hydrogen (secondary N) is 1. The standard InChI is InChI=1S/C11H20ClNS/c1-3-14-11-6-4-5-10(11)13-8-9(2)7-12/h7,10-11,13H,3-6,8H2,1-2H3. The Morgan fingerprint density at radius 2 is 2.36 bits per heavy atom. The van der Waals surface area contributed by atoms with Crippen molar-refractivity contribution in [2.75, 3.05) is 12.3 Å². The summed E-state index contributed by atoms with van der Waals surface area (Å²) in [6.07, 6.45) is 4.08. The van der Waals surface area contributed by atoms with Crippen LogP contribution < -0.4 is 5.32 Å². The lowest BCUT2D eigenvalue weighted by atomic mass is 10.2. The fraction of sp³-hybridized carbons (Fsp3) is 0.818. The van der Waals surface area contributed by atoms with E-state index in [-0.39, 0.29) is 0 Å². The summed E-state index contributed by atoms with van der Waals surface area (Å²) in [5, 5.41) is 4.42. The van der Waals surface area contributed by atoms with E-state index in [1.165, 1.54) is 30.6 Å². The molecule has 0 heterocycles. The summed E-state index contributed by atoms with van der Waals surface area (Å²) in [7, 11) is 0. The third kappa shape index (κ3) is 3.84. The predicted molar refractivity (Wildman–Crippen MR) is 67.2 cm³/mol. The Kier molecular flexibility index (Phi) is 5.99. The van der Waals surface area contributed by atoms with Crippen LogP contribution in [-0.2, 0) is 0 Å². The van der Waals surface area contributed by atoms with Gasteiger partial charge in [-0.1, -0.05) is 24.9 Å². The third-order valence-electron chi connectivity index (χ3n) is 2.66. The molecule has 0 amide bonds. The summed E-state index contributed by atoms with van der Waals surface area (Å²) in [6, 6.07) is 0.700. The Hall–Kier alpha value is 0.340. The molecule has 0 saturated heterocycles. The topological polar surface area (TPSA) is 12.0 Å². The average molecular weight is 234 g/mol. The zero-order valence-electron chi connectivity index (χ0n) is 9.05. The van der Waals surface area contributed by atoms with Crippen LogP contribution in [0.5, 0.6) is 0 Å². The van der Waals surface area contributed by atoms with Gasteiger partial charge < -0.3 is 5.32 Å². The van der Waals surface area contributed by atoms with Crippen LogP contribution in [0.25, 0.3) is 0 Å². The lowest BCUT2D eigenvalue weighted by Crippen LogP contribution is -2.35. The lowest BCUT2D eigenvalue weighted by Gasteiger charge is -2.20. The van der Waals surface area contributed by atoms with Gasteiger partial charge in [0, 0.05) is 23.4 Å². The molecule has 0 aliphatic heterocycles. The summed E-state index contributed by atoms with van der Waals surface area (Å²) in [5.41, 5.74) is 2.89. The fourth-order valence-electron chi connectivity index (χ4n) is 1.90. The number of thioether (sulfide) groups is 1. The first-order valence-electron chi connectivity index (χ1n) is 5.38. The van der Waals surface area contributed by atoms with Crippen LogP contribution in [0.3, 0.4) is 0 Å². The monoisotopic (exact) mass is 233 g/mol. The van der Waals surface area contributed by atoms with E-state index < -0.39 is 0 Å². The largest absolute Gasteiger partial charge is 0.309 e. The third-order valence-corrected chi connectivity index (χ3v) is 4.36. The fourth-order valence-corrected chi connectivity index (χ4v) is 3.21. The molecule has 1 N–H and O–H groups in total. The molecule has 1 nitrogen and oxygen atoms in total. The minimum atomic E-state index is 0.700. The Labute approximate surface area is 96.7 Å². The van der Waals surface area contributed by atoms with E-state index in [1.807, 2.05) is 0 Å². The summed E-state index contributed by atoms with van der Waals surface area (Å²) in [6.45, 7) is 5.25. The predicted octanol–water partition coefficient (Wildman–Crippen LogP) is 3.39. The molecule has 1 aliphatic carbocycles. The number of hydrogen-bond donors (Lipinski definition) is 1. The molecule has 1 saturated carbocycles. The van der Waals surface area contributed by atoms with Gasteiger partial charge >= 0.3 is 0 Å². The minimum Gasteiger partial charge on any atom is -0.309 e. The molecule has 0 bridgehead atoms. The molecular weight excluding hydrogens is 214 g/mol. The van der Waals surface area contributed by atoms with Crippen molar-refractivity contribution < 1.29 is 0 Å². The van der Waals surface area contributed by atoms with E-state index >= 15 is 0 Å². The van der Waals surface area contributed by atoms with E-state index in [1.54, 1.807) is 5.54 Å². The smallest absolute Gasteiger partial charge is 0.0201 e. The first-order chi connectivity index (χ1) is 6.77. The molecule has 14 heavy (non-hydrogen) atoms.